The van der Waals surface area contributed by atoms with E-state index in [1.807, 2.05) is 11.9 Å². The normalized spacial score (nSPS) is 10.2. The molecule has 1 aromatic carbocycles. The number of nitrogens with two attached hydrogens (primary N) is 1. The molecule has 18 heavy (non-hydrogen) atoms. The van der Waals surface area contributed by atoms with Crippen LogP contribution in [0.5, 0.6) is 0 Å². The molecule has 0 aliphatic rings. The lowest BCUT2D eigenvalue weighted by molar-refractivity contribution is -0.383. The van der Waals surface area contributed by atoms with Gasteiger partial charge < -0.3 is 10.3 Å². The van der Waals surface area contributed by atoms with Crippen molar-refractivity contribution in [3.63, 3.8) is 0 Å². The van der Waals surface area contributed by atoms with Crippen LogP contribution in [0.25, 0.3) is 0 Å². The minimum Gasteiger partial charge on any atom is -0.369 e. The van der Waals surface area contributed by atoms with Gasteiger partial charge >= 0.3 is 5.69 Å². The van der Waals surface area contributed by atoms with E-state index in [2.05, 4.69) is 12.3 Å². The highest BCUT2D eigenvalue weighted by Crippen LogP contribution is 2.34. The maximum Gasteiger partial charge on any atom is 0.316 e. The first-order valence-corrected chi connectivity index (χ1v) is 6.07. The van der Waals surface area contributed by atoms with E-state index >= 15 is 0 Å². The molecular weight excluding hydrogens is 232 g/mol. The fourth-order valence-electron chi connectivity index (χ4n) is 1.87. The maximum absolute atomic E-state index is 11.1. The Morgan fingerprint density at radius 1 is 1.44 bits per heavy atom. The van der Waals surface area contributed by atoms with Gasteiger partial charge in [0.25, 0.3) is 0 Å². The first-order chi connectivity index (χ1) is 8.61. The van der Waals surface area contributed by atoms with E-state index in [0.29, 0.717) is 11.4 Å². The van der Waals surface area contributed by atoms with Crippen LogP contribution < -0.4 is 16.2 Å². The zero-order chi connectivity index (χ0) is 13.5. The molecule has 0 aliphatic heterocycles. The van der Waals surface area contributed by atoms with Crippen LogP contribution >= 0.6 is 0 Å². The summed E-state index contributed by atoms with van der Waals surface area (Å²) in [6.07, 6.45) is 3.26. The summed E-state index contributed by atoms with van der Waals surface area (Å²) >= 11 is 0. The lowest BCUT2D eigenvalue weighted by atomic mass is 10.2. The number of para-hydroxylation sites is 1. The Morgan fingerprint density at radius 2 is 2.17 bits per heavy atom. The number of anilines is 2. The summed E-state index contributed by atoms with van der Waals surface area (Å²) < 4.78 is 0. The standard InChI is InChI=1S/C12H20N4O2/c1-3-4-5-9-15(2)11-8-6-7-10(14-13)12(11)16(17)18/h6-8,14H,3-5,9,13H2,1-2H3. The molecule has 3 N–H and O–H groups in total. The lowest BCUT2D eigenvalue weighted by Crippen LogP contribution is -2.20. The quantitative estimate of drug-likeness (QED) is 0.337. The van der Waals surface area contributed by atoms with Gasteiger partial charge in [-0.2, -0.15) is 0 Å². The minimum absolute atomic E-state index is 0.0269. The number of benzene rings is 1. The SMILES string of the molecule is CCCCCN(C)c1cccc(NN)c1[N+](=O)[O-]. The smallest absolute Gasteiger partial charge is 0.316 e. The number of unbranched alkanes of at least 4 members (excludes halogenated alkanes) is 2. The van der Waals surface area contributed by atoms with Crippen molar-refractivity contribution in [2.45, 2.75) is 26.2 Å². The Morgan fingerprint density at radius 3 is 2.72 bits per heavy atom. The first kappa shape index (κ1) is 14.2. The zero-order valence-corrected chi connectivity index (χ0v) is 10.8. The molecule has 0 saturated carbocycles. The number of hydrazine groups is 1. The van der Waals surface area contributed by atoms with Crippen molar-refractivity contribution < 1.29 is 4.92 Å². The molecule has 0 aromatic heterocycles. The monoisotopic (exact) mass is 252 g/mol. The van der Waals surface area contributed by atoms with E-state index in [0.717, 1.165) is 25.8 Å². The van der Waals surface area contributed by atoms with Gasteiger partial charge in [0, 0.05) is 13.6 Å². The Labute approximate surface area is 107 Å². The van der Waals surface area contributed by atoms with Crippen molar-refractivity contribution in [2.75, 3.05) is 23.9 Å². The number of hydrogen-bond acceptors (Lipinski definition) is 5. The number of nitro benzene ring substituents is 1. The largest absolute Gasteiger partial charge is 0.369 e. The molecule has 6 nitrogen and oxygen atoms in total. The summed E-state index contributed by atoms with van der Waals surface area (Å²) in [5.74, 6) is 5.31. The van der Waals surface area contributed by atoms with Crippen molar-refractivity contribution in [1.82, 2.24) is 0 Å². The molecular formula is C12H20N4O2. The molecule has 0 unspecified atom stereocenters. The van der Waals surface area contributed by atoms with Crippen LogP contribution in [0.3, 0.4) is 0 Å². The van der Waals surface area contributed by atoms with Crippen molar-refractivity contribution >= 4 is 17.1 Å². The van der Waals surface area contributed by atoms with Gasteiger partial charge in [-0.25, -0.2) is 0 Å². The van der Waals surface area contributed by atoms with E-state index in [9.17, 15) is 10.1 Å². The molecule has 0 amide bonds. The Kier molecular flexibility index (Phi) is 5.38. The third-order valence-corrected chi connectivity index (χ3v) is 2.86. The molecule has 1 rings (SSSR count). The van der Waals surface area contributed by atoms with Crippen LogP contribution in [0.2, 0.25) is 0 Å². The molecule has 0 atom stereocenters. The second-order valence-corrected chi connectivity index (χ2v) is 4.20. The summed E-state index contributed by atoms with van der Waals surface area (Å²) in [4.78, 5) is 12.6. The van der Waals surface area contributed by atoms with Gasteiger partial charge in [-0.15, -0.1) is 0 Å². The van der Waals surface area contributed by atoms with Gasteiger partial charge in [0.2, 0.25) is 0 Å². The van der Waals surface area contributed by atoms with E-state index in [1.54, 1.807) is 18.2 Å². The van der Waals surface area contributed by atoms with Gasteiger partial charge in [-0.1, -0.05) is 25.8 Å². The van der Waals surface area contributed by atoms with Crippen LogP contribution in [0, 0.1) is 10.1 Å². The summed E-state index contributed by atoms with van der Waals surface area (Å²) in [7, 11) is 1.86. The predicted molar refractivity (Wildman–Crippen MR) is 73.7 cm³/mol. The number of nitrogen functional groups attached to an aromatic ring is 1. The summed E-state index contributed by atoms with van der Waals surface area (Å²) in [6.45, 7) is 2.92. The van der Waals surface area contributed by atoms with Crippen LogP contribution in [0.1, 0.15) is 26.2 Å². The fraction of sp³-hybridized carbons (Fsp3) is 0.500. The van der Waals surface area contributed by atoms with Crippen LogP contribution in [-0.2, 0) is 0 Å². The molecule has 100 valence electrons. The number of nitro groups is 1. The van der Waals surface area contributed by atoms with Crippen molar-refractivity contribution in [1.29, 1.82) is 0 Å². The summed E-state index contributed by atoms with van der Waals surface area (Å²) in [6, 6.07) is 5.10. The van der Waals surface area contributed by atoms with Gasteiger partial charge in [-0.05, 0) is 18.6 Å². The number of nitrogens with one attached hydrogen (secondary N) is 1. The van der Waals surface area contributed by atoms with Crippen molar-refractivity contribution in [3.8, 4) is 0 Å². The fourth-order valence-corrected chi connectivity index (χ4v) is 1.87. The molecule has 0 saturated heterocycles. The first-order valence-electron chi connectivity index (χ1n) is 6.07. The van der Waals surface area contributed by atoms with E-state index < -0.39 is 4.92 Å². The van der Waals surface area contributed by atoms with Crippen molar-refractivity contribution in [2.24, 2.45) is 5.84 Å². The second kappa shape index (κ2) is 6.80. The highest BCUT2D eigenvalue weighted by atomic mass is 16.6. The highest BCUT2D eigenvalue weighted by Gasteiger charge is 2.21. The number of rotatable bonds is 7. The van der Waals surface area contributed by atoms with Crippen LogP contribution in [-0.4, -0.2) is 18.5 Å². The lowest BCUT2D eigenvalue weighted by Gasteiger charge is -2.19. The molecule has 0 radical (unpaired) electrons. The second-order valence-electron chi connectivity index (χ2n) is 4.20. The zero-order valence-electron chi connectivity index (χ0n) is 10.8. The molecule has 0 aliphatic carbocycles. The molecule has 0 bridgehead atoms. The summed E-state index contributed by atoms with van der Waals surface area (Å²) in [5, 5.41) is 11.1. The molecule has 0 fully saturated rings. The molecule has 1 aromatic rings. The van der Waals surface area contributed by atoms with Gasteiger partial charge in [0.15, 0.2) is 0 Å². The molecule has 0 spiro atoms. The van der Waals surface area contributed by atoms with Crippen LogP contribution in [0.15, 0.2) is 18.2 Å². The van der Waals surface area contributed by atoms with E-state index in [-0.39, 0.29) is 5.69 Å². The number of hydrogen-bond donors (Lipinski definition) is 2. The average Bonchev–Trinajstić information content (AvgIpc) is 2.37. The minimum atomic E-state index is -0.402. The maximum atomic E-state index is 11.1. The Hall–Kier alpha value is -1.82. The topological polar surface area (TPSA) is 84.4 Å². The molecule has 0 heterocycles. The molecule has 6 heteroatoms. The van der Waals surface area contributed by atoms with Crippen LogP contribution in [0.4, 0.5) is 17.1 Å². The third-order valence-electron chi connectivity index (χ3n) is 2.86. The number of nitrogens with zero attached hydrogens (tertiary/aromatic N) is 2. The van der Waals surface area contributed by atoms with Gasteiger partial charge in [0.1, 0.15) is 11.4 Å². The third kappa shape index (κ3) is 3.33. The summed E-state index contributed by atoms with van der Waals surface area (Å²) in [5.41, 5.74) is 3.32. The predicted octanol–water partition coefficient (Wildman–Crippen LogP) is 2.51. The Bertz CT molecular complexity index is 409. The van der Waals surface area contributed by atoms with Crippen molar-refractivity contribution in [3.05, 3.63) is 28.3 Å². The Balaban J connectivity index is 2.96. The van der Waals surface area contributed by atoms with Gasteiger partial charge in [-0.3, -0.25) is 16.0 Å². The van der Waals surface area contributed by atoms with Gasteiger partial charge in [0.05, 0.1) is 4.92 Å². The van der Waals surface area contributed by atoms with E-state index in [1.165, 1.54) is 0 Å². The average molecular weight is 252 g/mol. The highest BCUT2D eigenvalue weighted by molar-refractivity contribution is 5.76. The van der Waals surface area contributed by atoms with E-state index in [4.69, 9.17) is 5.84 Å².